The summed E-state index contributed by atoms with van der Waals surface area (Å²) in [6.45, 7) is 5.88. The molecule has 0 atom stereocenters. The Morgan fingerprint density at radius 3 is 2.67 bits per heavy atom. The summed E-state index contributed by atoms with van der Waals surface area (Å²) in [6.07, 6.45) is 0.827. The van der Waals surface area contributed by atoms with Gasteiger partial charge in [0.2, 0.25) is 5.91 Å². The van der Waals surface area contributed by atoms with E-state index in [-0.39, 0.29) is 18.3 Å². The molecular formula is C21H22FN7O. The van der Waals surface area contributed by atoms with E-state index in [0.29, 0.717) is 35.7 Å². The van der Waals surface area contributed by atoms with Crippen LogP contribution >= 0.6 is 0 Å². The lowest BCUT2D eigenvalue weighted by atomic mass is 10.1. The minimum Gasteiger partial charge on any atom is -0.352 e. The predicted octanol–water partition coefficient (Wildman–Crippen LogP) is 2.62. The maximum atomic E-state index is 13.7. The molecule has 0 aliphatic heterocycles. The van der Waals surface area contributed by atoms with Crippen molar-refractivity contribution in [2.24, 2.45) is 0 Å². The van der Waals surface area contributed by atoms with Crippen LogP contribution in [0.2, 0.25) is 0 Å². The summed E-state index contributed by atoms with van der Waals surface area (Å²) in [5, 5.41) is 20.0. The highest BCUT2D eigenvalue weighted by Crippen LogP contribution is 2.19. The van der Waals surface area contributed by atoms with Gasteiger partial charge in [0.1, 0.15) is 5.82 Å². The van der Waals surface area contributed by atoms with E-state index in [2.05, 4.69) is 25.7 Å². The maximum absolute atomic E-state index is 13.7. The number of carbonyl (C=O) groups is 1. The summed E-state index contributed by atoms with van der Waals surface area (Å²) in [5.74, 6) is 0.893. The highest BCUT2D eigenvalue weighted by Gasteiger charge is 2.16. The minimum absolute atomic E-state index is 0.135. The van der Waals surface area contributed by atoms with Crippen molar-refractivity contribution in [1.82, 2.24) is 34.9 Å². The molecule has 1 amide bonds. The molecule has 0 unspecified atom stereocenters. The van der Waals surface area contributed by atoms with Crippen molar-refractivity contribution in [3.8, 4) is 5.82 Å². The van der Waals surface area contributed by atoms with Crippen molar-refractivity contribution in [1.29, 1.82) is 0 Å². The first-order valence-electron chi connectivity index (χ1n) is 9.68. The second kappa shape index (κ2) is 8.02. The quantitative estimate of drug-likeness (QED) is 0.531. The van der Waals surface area contributed by atoms with E-state index < -0.39 is 0 Å². The van der Waals surface area contributed by atoms with E-state index >= 15 is 0 Å². The average molecular weight is 407 g/mol. The summed E-state index contributed by atoms with van der Waals surface area (Å²) in [4.78, 5) is 12.3. The lowest BCUT2D eigenvalue weighted by Crippen LogP contribution is -2.23. The molecule has 0 spiro atoms. The lowest BCUT2D eigenvalue weighted by Gasteiger charge is -2.07. The third kappa shape index (κ3) is 3.78. The molecule has 0 aliphatic rings. The van der Waals surface area contributed by atoms with Crippen LogP contribution in [0.3, 0.4) is 0 Å². The van der Waals surface area contributed by atoms with Crippen LogP contribution in [-0.2, 0) is 17.8 Å². The van der Waals surface area contributed by atoms with Crippen LogP contribution in [0.25, 0.3) is 11.5 Å². The molecule has 3 aromatic heterocycles. The van der Waals surface area contributed by atoms with Gasteiger partial charge in [0, 0.05) is 24.2 Å². The summed E-state index contributed by atoms with van der Waals surface area (Å²) >= 11 is 0. The van der Waals surface area contributed by atoms with Gasteiger partial charge in [-0.05, 0) is 51.0 Å². The molecule has 0 saturated heterocycles. The number of hydrogen-bond acceptors (Lipinski definition) is 5. The van der Waals surface area contributed by atoms with E-state index in [4.69, 9.17) is 0 Å². The largest absolute Gasteiger partial charge is 0.352 e. The van der Waals surface area contributed by atoms with E-state index in [1.54, 1.807) is 27.4 Å². The Morgan fingerprint density at radius 1 is 1.07 bits per heavy atom. The monoisotopic (exact) mass is 407 g/mol. The molecule has 0 radical (unpaired) electrons. The van der Waals surface area contributed by atoms with Gasteiger partial charge in [0.25, 0.3) is 0 Å². The van der Waals surface area contributed by atoms with Gasteiger partial charge in [-0.25, -0.2) is 9.07 Å². The van der Waals surface area contributed by atoms with Crippen LogP contribution < -0.4 is 5.32 Å². The number of nitrogens with zero attached hydrogens (tertiary/aromatic N) is 6. The number of aromatic nitrogens is 6. The minimum atomic E-state index is -0.321. The number of hydrogen-bond donors (Lipinski definition) is 1. The Balaban J connectivity index is 1.46. The van der Waals surface area contributed by atoms with Crippen molar-refractivity contribution >= 4 is 11.6 Å². The predicted molar refractivity (Wildman–Crippen MR) is 109 cm³/mol. The third-order valence-corrected chi connectivity index (χ3v) is 5.10. The SMILES string of the molecule is Cc1nn(-c2ccc3nnc(C)n3n2)c(C)c1CCC(=O)NCc1ccccc1F. The molecule has 8 nitrogen and oxygen atoms in total. The van der Waals surface area contributed by atoms with Crippen LogP contribution in [0.15, 0.2) is 36.4 Å². The topological polar surface area (TPSA) is 90.0 Å². The second-order valence-electron chi connectivity index (χ2n) is 7.14. The van der Waals surface area contributed by atoms with Crippen LogP contribution in [-0.4, -0.2) is 35.5 Å². The lowest BCUT2D eigenvalue weighted by molar-refractivity contribution is -0.121. The molecule has 30 heavy (non-hydrogen) atoms. The fraction of sp³-hybridized carbons (Fsp3) is 0.286. The van der Waals surface area contributed by atoms with Crippen molar-refractivity contribution in [2.75, 3.05) is 0 Å². The Morgan fingerprint density at radius 2 is 1.87 bits per heavy atom. The first-order chi connectivity index (χ1) is 14.4. The van der Waals surface area contributed by atoms with E-state index in [9.17, 15) is 9.18 Å². The molecule has 4 rings (SSSR count). The summed E-state index contributed by atoms with van der Waals surface area (Å²) in [6, 6.07) is 10.1. The zero-order chi connectivity index (χ0) is 21.3. The number of rotatable bonds is 6. The molecule has 0 saturated carbocycles. The Labute approximate surface area is 172 Å². The van der Waals surface area contributed by atoms with Gasteiger partial charge in [-0.3, -0.25) is 4.79 Å². The van der Waals surface area contributed by atoms with Crippen molar-refractivity contribution in [2.45, 2.75) is 40.2 Å². The normalized spacial score (nSPS) is 11.2. The van der Waals surface area contributed by atoms with Gasteiger partial charge in [-0.15, -0.1) is 15.3 Å². The van der Waals surface area contributed by atoms with Gasteiger partial charge in [-0.2, -0.15) is 9.61 Å². The molecule has 9 heteroatoms. The number of aryl methyl sites for hydroxylation is 2. The Kier molecular flexibility index (Phi) is 5.26. The number of benzene rings is 1. The van der Waals surface area contributed by atoms with Gasteiger partial charge >= 0.3 is 0 Å². The highest BCUT2D eigenvalue weighted by molar-refractivity contribution is 5.76. The van der Waals surface area contributed by atoms with Gasteiger partial charge in [0.15, 0.2) is 17.3 Å². The molecule has 0 bridgehead atoms. The molecule has 0 aliphatic carbocycles. The number of amides is 1. The van der Waals surface area contributed by atoms with E-state index in [1.165, 1.54) is 6.07 Å². The first-order valence-corrected chi connectivity index (χ1v) is 9.68. The number of carbonyl (C=O) groups excluding carboxylic acids is 1. The molecule has 1 N–H and O–H groups in total. The Hall–Kier alpha value is -3.62. The Bertz CT molecular complexity index is 1230. The molecule has 0 fully saturated rings. The number of fused-ring (bicyclic) bond motifs is 1. The van der Waals surface area contributed by atoms with Crippen molar-refractivity contribution < 1.29 is 9.18 Å². The van der Waals surface area contributed by atoms with Crippen molar-refractivity contribution in [3.05, 3.63) is 70.6 Å². The van der Waals surface area contributed by atoms with Gasteiger partial charge < -0.3 is 5.32 Å². The van der Waals surface area contributed by atoms with E-state index in [0.717, 1.165) is 17.0 Å². The number of halogens is 1. The molecule has 154 valence electrons. The standard InChI is InChI=1S/C21H22FN7O/c1-13-17(8-11-21(30)23-12-16-6-4-5-7-18(16)22)14(2)28(26-13)20-10-9-19-25-24-15(3)29(19)27-20/h4-7,9-10H,8,11-12H2,1-3H3,(H,23,30). The molecule has 4 aromatic rings. The average Bonchev–Trinajstić information content (AvgIpc) is 3.24. The van der Waals surface area contributed by atoms with E-state index in [1.807, 2.05) is 32.9 Å². The molecule has 3 heterocycles. The summed E-state index contributed by atoms with van der Waals surface area (Å²) in [5.41, 5.74) is 3.91. The summed E-state index contributed by atoms with van der Waals surface area (Å²) < 4.78 is 17.1. The van der Waals surface area contributed by atoms with Crippen LogP contribution in [0.5, 0.6) is 0 Å². The molecular weight excluding hydrogens is 385 g/mol. The van der Waals surface area contributed by atoms with Crippen LogP contribution in [0.4, 0.5) is 4.39 Å². The fourth-order valence-electron chi connectivity index (χ4n) is 3.42. The number of nitrogens with one attached hydrogen (secondary N) is 1. The van der Waals surface area contributed by atoms with Crippen LogP contribution in [0, 0.1) is 26.6 Å². The molecule has 1 aromatic carbocycles. The van der Waals surface area contributed by atoms with Gasteiger partial charge in [0.05, 0.1) is 5.69 Å². The first kappa shape index (κ1) is 19.7. The fourth-order valence-corrected chi connectivity index (χ4v) is 3.42. The zero-order valence-electron chi connectivity index (χ0n) is 17.1. The van der Waals surface area contributed by atoms with Crippen molar-refractivity contribution in [3.63, 3.8) is 0 Å². The maximum Gasteiger partial charge on any atom is 0.220 e. The smallest absolute Gasteiger partial charge is 0.220 e. The summed E-state index contributed by atoms with van der Waals surface area (Å²) in [7, 11) is 0. The zero-order valence-corrected chi connectivity index (χ0v) is 17.1. The second-order valence-corrected chi connectivity index (χ2v) is 7.14. The third-order valence-electron chi connectivity index (χ3n) is 5.10. The van der Waals surface area contributed by atoms with Crippen LogP contribution in [0.1, 0.15) is 34.8 Å². The highest BCUT2D eigenvalue weighted by atomic mass is 19.1. The van der Waals surface area contributed by atoms with Gasteiger partial charge in [-0.1, -0.05) is 18.2 Å².